The molecule has 0 bridgehead atoms. The van der Waals surface area contributed by atoms with E-state index in [1.807, 2.05) is 0 Å². The lowest BCUT2D eigenvalue weighted by Crippen LogP contribution is -2.13. The molecule has 1 aromatic carbocycles. The molecule has 15 heavy (non-hydrogen) atoms. The molecule has 0 aliphatic heterocycles. The number of amides is 2. The highest BCUT2D eigenvalue weighted by Gasteiger charge is 2.02. The number of carbonyl (C=O) groups is 2. The van der Waals surface area contributed by atoms with Gasteiger partial charge in [-0.05, 0) is 24.3 Å². The lowest BCUT2D eigenvalue weighted by atomic mass is 10.1. The van der Waals surface area contributed by atoms with Crippen LogP contribution >= 0.6 is 0 Å². The SMILES string of the molecule is NC(=O)c1ccc(C(N)=O)cc1.NCN. The summed E-state index contributed by atoms with van der Waals surface area (Å²) < 4.78 is 0. The van der Waals surface area contributed by atoms with Gasteiger partial charge in [0.2, 0.25) is 11.8 Å². The quantitative estimate of drug-likeness (QED) is 0.453. The van der Waals surface area contributed by atoms with E-state index in [0.29, 0.717) is 11.1 Å². The molecule has 0 unspecified atom stereocenters. The van der Waals surface area contributed by atoms with Gasteiger partial charge in [-0.1, -0.05) is 0 Å². The minimum atomic E-state index is -0.522. The van der Waals surface area contributed by atoms with Crippen LogP contribution in [0, 0.1) is 0 Å². The van der Waals surface area contributed by atoms with Crippen LogP contribution in [-0.4, -0.2) is 18.5 Å². The number of hydrogen-bond donors (Lipinski definition) is 4. The van der Waals surface area contributed by atoms with Gasteiger partial charge in [0.15, 0.2) is 0 Å². The molecule has 6 nitrogen and oxygen atoms in total. The molecule has 0 heterocycles. The van der Waals surface area contributed by atoms with E-state index in [0.717, 1.165) is 0 Å². The maximum absolute atomic E-state index is 10.6. The first-order chi connectivity index (χ1) is 7.02. The normalized spacial score (nSPS) is 8.67. The van der Waals surface area contributed by atoms with Crippen LogP contribution in [-0.2, 0) is 0 Å². The van der Waals surface area contributed by atoms with Crippen molar-refractivity contribution in [1.82, 2.24) is 0 Å². The second-order valence-corrected chi connectivity index (χ2v) is 2.54. The van der Waals surface area contributed by atoms with Gasteiger partial charge in [-0.2, -0.15) is 0 Å². The van der Waals surface area contributed by atoms with Gasteiger partial charge in [0, 0.05) is 17.8 Å². The van der Waals surface area contributed by atoms with E-state index >= 15 is 0 Å². The molecule has 1 aromatic rings. The molecule has 0 aromatic heterocycles. The van der Waals surface area contributed by atoms with Crippen LogP contribution in [0.1, 0.15) is 20.7 Å². The molecule has 6 heteroatoms. The predicted molar refractivity (Wildman–Crippen MR) is 56.7 cm³/mol. The van der Waals surface area contributed by atoms with Crippen LogP contribution in [0.2, 0.25) is 0 Å². The highest BCUT2D eigenvalue weighted by Crippen LogP contribution is 2.02. The van der Waals surface area contributed by atoms with E-state index in [4.69, 9.17) is 11.5 Å². The number of rotatable bonds is 2. The highest BCUT2D eigenvalue weighted by atomic mass is 16.1. The molecular weight excluding hydrogens is 196 g/mol. The highest BCUT2D eigenvalue weighted by molar-refractivity contribution is 5.96. The van der Waals surface area contributed by atoms with Gasteiger partial charge in [0.1, 0.15) is 0 Å². The Morgan fingerprint density at radius 1 is 0.867 bits per heavy atom. The molecule has 0 aliphatic carbocycles. The average molecular weight is 210 g/mol. The molecular formula is C9H14N4O2. The molecule has 0 fully saturated rings. The fourth-order valence-electron chi connectivity index (χ4n) is 0.799. The van der Waals surface area contributed by atoms with Crippen molar-refractivity contribution in [2.45, 2.75) is 0 Å². The van der Waals surface area contributed by atoms with E-state index < -0.39 is 11.8 Å². The smallest absolute Gasteiger partial charge is 0.248 e. The van der Waals surface area contributed by atoms with E-state index in [1.54, 1.807) is 0 Å². The summed E-state index contributed by atoms with van der Waals surface area (Å²) in [5.41, 5.74) is 19.9. The van der Waals surface area contributed by atoms with E-state index in [1.165, 1.54) is 24.3 Å². The molecule has 0 aliphatic rings. The summed E-state index contributed by atoms with van der Waals surface area (Å²) in [6.45, 7) is 0.250. The minimum absolute atomic E-state index is 0.250. The minimum Gasteiger partial charge on any atom is -0.366 e. The molecule has 0 atom stereocenters. The van der Waals surface area contributed by atoms with Gasteiger partial charge in [0.05, 0.1) is 0 Å². The fraction of sp³-hybridized carbons (Fsp3) is 0.111. The Hall–Kier alpha value is -1.92. The zero-order valence-corrected chi connectivity index (χ0v) is 8.14. The summed E-state index contributed by atoms with van der Waals surface area (Å²) in [6.07, 6.45) is 0. The third kappa shape index (κ3) is 4.75. The topological polar surface area (TPSA) is 138 Å². The monoisotopic (exact) mass is 210 g/mol. The first kappa shape index (κ1) is 13.1. The number of benzene rings is 1. The van der Waals surface area contributed by atoms with E-state index in [2.05, 4.69) is 11.5 Å². The summed E-state index contributed by atoms with van der Waals surface area (Å²) in [7, 11) is 0. The van der Waals surface area contributed by atoms with Crippen molar-refractivity contribution >= 4 is 11.8 Å². The van der Waals surface area contributed by atoms with Gasteiger partial charge in [-0.3, -0.25) is 9.59 Å². The molecule has 2 amide bonds. The number of nitrogens with two attached hydrogens (primary N) is 4. The first-order valence-electron chi connectivity index (χ1n) is 4.12. The maximum Gasteiger partial charge on any atom is 0.248 e. The van der Waals surface area contributed by atoms with Crippen molar-refractivity contribution in [3.63, 3.8) is 0 Å². The Morgan fingerprint density at radius 3 is 1.20 bits per heavy atom. The fourth-order valence-corrected chi connectivity index (χ4v) is 0.799. The second kappa shape index (κ2) is 6.52. The molecule has 0 saturated heterocycles. The number of hydrogen-bond acceptors (Lipinski definition) is 4. The van der Waals surface area contributed by atoms with Crippen molar-refractivity contribution in [2.24, 2.45) is 22.9 Å². The van der Waals surface area contributed by atoms with Gasteiger partial charge in [-0.15, -0.1) is 0 Å². The Kier molecular flexibility index (Phi) is 5.69. The largest absolute Gasteiger partial charge is 0.366 e. The lowest BCUT2D eigenvalue weighted by Gasteiger charge is -1.96. The van der Waals surface area contributed by atoms with Crippen molar-refractivity contribution in [2.75, 3.05) is 6.67 Å². The van der Waals surface area contributed by atoms with Crippen molar-refractivity contribution < 1.29 is 9.59 Å². The number of carbonyl (C=O) groups excluding carboxylic acids is 2. The summed E-state index contributed by atoms with van der Waals surface area (Å²) in [5, 5.41) is 0. The standard InChI is InChI=1S/C8H8N2O2.CH6N2/c9-7(11)5-1-2-6(4-3-5)8(10)12;2-1-3/h1-4H,(H2,9,11)(H2,10,12);1-3H2. The van der Waals surface area contributed by atoms with Crippen LogP contribution in [0.4, 0.5) is 0 Å². The van der Waals surface area contributed by atoms with E-state index in [-0.39, 0.29) is 6.67 Å². The van der Waals surface area contributed by atoms with Crippen LogP contribution in [0.25, 0.3) is 0 Å². The molecule has 0 saturated carbocycles. The Bertz CT molecular complexity index is 301. The van der Waals surface area contributed by atoms with Crippen molar-refractivity contribution in [3.05, 3.63) is 35.4 Å². The first-order valence-corrected chi connectivity index (χ1v) is 4.12. The Morgan fingerprint density at radius 2 is 1.07 bits per heavy atom. The van der Waals surface area contributed by atoms with Crippen LogP contribution in [0.5, 0.6) is 0 Å². The number of primary amides is 2. The van der Waals surface area contributed by atoms with Crippen molar-refractivity contribution in [3.8, 4) is 0 Å². The third-order valence-corrected chi connectivity index (χ3v) is 1.45. The van der Waals surface area contributed by atoms with Gasteiger partial charge < -0.3 is 22.9 Å². The molecule has 1 rings (SSSR count). The molecule has 0 spiro atoms. The maximum atomic E-state index is 10.6. The van der Waals surface area contributed by atoms with E-state index in [9.17, 15) is 9.59 Å². The van der Waals surface area contributed by atoms with Gasteiger partial charge in [0.25, 0.3) is 0 Å². The molecule has 82 valence electrons. The zero-order valence-electron chi connectivity index (χ0n) is 8.14. The summed E-state index contributed by atoms with van der Waals surface area (Å²) in [5.74, 6) is -1.04. The summed E-state index contributed by atoms with van der Waals surface area (Å²) >= 11 is 0. The summed E-state index contributed by atoms with van der Waals surface area (Å²) in [4.78, 5) is 21.2. The van der Waals surface area contributed by atoms with Crippen LogP contribution < -0.4 is 22.9 Å². The molecule has 8 N–H and O–H groups in total. The molecule has 0 radical (unpaired) electrons. The predicted octanol–water partition coefficient (Wildman–Crippen LogP) is -1.25. The van der Waals surface area contributed by atoms with Crippen molar-refractivity contribution in [1.29, 1.82) is 0 Å². The van der Waals surface area contributed by atoms with Gasteiger partial charge >= 0.3 is 0 Å². The third-order valence-electron chi connectivity index (χ3n) is 1.45. The summed E-state index contributed by atoms with van der Waals surface area (Å²) in [6, 6.07) is 5.84. The Labute approximate surface area is 87.2 Å². The second-order valence-electron chi connectivity index (χ2n) is 2.54. The average Bonchev–Trinajstić information content (AvgIpc) is 2.19. The van der Waals surface area contributed by atoms with Crippen LogP contribution in [0.3, 0.4) is 0 Å². The Balaban J connectivity index is 0.000000583. The van der Waals surface area contributed by atoms with Gasteiger partial charge in [-0.25, -0.2) is 0 Å². The zero-order chi connectivity index (χ0) is 11.8. The van der Waals surface area contributed by atoms with Crippen LogP contribution in [0.15, 0.2) is 24.3 Å². The lowest BCUT2D eigenvalue weighted by molar-refractivity contribution is 0.0988.